The summed E-state index contributed by atoms with van der Waals surface area (Å²) in [5.41, 5.74) is 3.48. The zero-order chi connectivity index (χ0) is 19.9. The minimum absolute atomic E-state index is 0.0811. The van der Waals surface area contributed by atoms with Gasteiger partial charge in [-0.2, -0.15) is 5.10 Å². The van der Waals surface area contributed by atoms with E-state index in [0.717, 1.165) is 0 Å². The van der Waals surface area contributed by atoms with Crippen molar-refractivity contribution in [2.24, 2.45) is 5.10 Å². The van der Waals surface area contributed by atoms with E-state index in [1.165, 1.54) is 25.7 Å². The number of hydrogen-bond donors (Lipinski definition) is 1. The van der Waals surface area contributed by atoms with Crippen molar-refractivity contribution in [3.8, 4) is 11.5 Å². The smallest absolute Gasteiger partial charge is 0.379 e. The molecular weight excluding hydrogens is 384 g/mol. The number of nitrogens with zero attached hydrogens (tertiary/aromatic N) is 1. The highest BCUT2D eigenvalue weighted by molar-refractivity contribution is 6.30. The van der Waals surface area contributed by atoms with E-state index in [2.05, 4.69) is 10.5 Å². The lowest BCUT2D eigenvalue weighted by Crippen LogP contribution is -2.17. The molecule has 1 amide bonds. The van der Waals surface area contributed by atoms with E-state index in [1.54, 1.807) is 48.5 Å². The number of hydrogen-bond acceptors (Lipinski definition) is 6. The molecule has 0 unspecified atom stereocenters. The van der Waals surface area contributed by atoms with Crippen molar-refractivity contribution in [3.63, 3.8) is 0 Å². The highest BCUT2D eigenvalue weighted by atomic mass is 35.5. The Morgan fingerprint density at radius 1 is 1.11 bits per heavy atom. The zero-order valence-electron chi connectivity index (χ0n) is 14.7. The number of esters is 1. The third-order valence-corrected chi connectivity index (χ3v) is 3.85. The van der Waals surface area contributed by atoms with Gasteiger partial charge in [-0.05, 0) is 60.2 Å². The molecule has 0 saturated carbocycles. The number of furan rings is 1. The quantitative estimate of drug-likeness (QED) is 0.294. The van der Waals surface area contributed by atoms with Crippen LogP contribution in [0.4, 0.5) is 0 Å². The Kier molecular flexibility index (Phi) is 6.08. The van der Waals surface area contributed by atoms with E-state index in [-0.39, 0.29) is 17.4 Å². The lowest BCUT2D eigenvalue weighted by atomic mass is 10.2. The fourth-order valence-corrected chi connectivity index (χ4v) is 2.35. The summed E-state index contributed by atoms with van der Waals surface area (Å²) in [7, 11) is 1.45. The Bertz CT molecular complexity index is 998. The van der Waals surface area contributed by atoms with Crippen LogP contribution in [0.1, 0.15) is 26.5 Å². The molecule has 28 heavy (non-hydrogen) atoms. The molecule has 0 radical (unpaired) electrons. The van der Waals surface area contributed by atoms with Gasteiger partial charge >= 0.3 is 5.97 Å². The first-order chi connectivity index (χ1) is 13.6. The maximum absolute atomic E-state index is 12.0. The number of halogens is 1. The first-order valence-corrected chi connectivity index (χ1v) is 8.47. The van der Waals surface area contributed by atoms with Crippen molar-refractivity contribution in [2.45, 2.75) is 0 Å². The Morgan fingerprint density at radius 3 is 2.57 bits per heavy atom. The third-order valence-electron chi connectivity index (χ3n) is 3.60. The maximum Gasteiger partial charge on any atom is 0.379 e. The number of rotatable bonds is 6. The van der Waals surface area contributed by atoms with E-state index < -0.39 is 5.97 Å². The molecule has 0 aliphatic rings. The first kappa shape index (κ1) is 19.2. The third kappa shape index (κ3) is 4.77. The Hall–Kier alpha value is -3.58. The first-order valence-electron chi connectivity index (χ1n) is 8.09. The molecule has 1 heterocycles. The fourth-order valence-electron chi connectivity index (χ4n) is 2.22. The van der Waals surface area contributed by atoms with Gasteiger partial charge in [-0.1, -0.05) is 11.6 Å². The van der Waals surface area contributed by atoms with E-state index >= 15 is 0 Å². The van der Waals surface area contributed by atoms with Crippen LogP contribution in [-0.4, -0.2) is 25.2 Å². The molecule has 1 aromatic heterocycles. The van der Waals surface area contributed by atoms with Gasteiger partial charge in [0.1, 0.15) is 0 Å². The van der Waals surface area contributed by atoms with Crippen molar-refractivity contribution < 1.29 is 23.5 Å². The Morgan fingerprint density at radius 2 is 1.89 bits per heavy atom. The van der Waals surface area contributed by atoms with Gasteiger partial charge in [0.2, 0.25) is 5.76 Å². The molecule has 0 spiro atoms. The Balaban J connectivity index is 1.66. The number of carbonyl (C=O) groups is 2. The topological polar surface area (TPSA) is 90.1 Å². The van der Waals surface area contributed by atoms with Crippen molar-refractivity contribution >= 4 is 29.7 Å². The molecule has 8 heteroatoms. The van der Waals surface area contributed by atoms with Crippen LogP contribution in [0.5, 0.6) is 11.5 Å². The fraction of sp³-hybridized carbons (Fsp3) is 0.0500. The zero-order valence-corrected chi connectivity index (χ0v) is 15.5. The van der Waals surface area contributed by atoms with Crippen LogP contribution in [0, 0.1) is 0 Å². The summed E-state index contributed by atoms with van der Waals surface area (Å²) in [4.78, 5) is 24.0. The van der Waals surface area contributed by atoms with E-state index in [4.69, 9.17) is 25.5 Å². The average Bonchev–Trinajstić information content (AvgIpc) is 3.24. The standard InChI is InChI=1S/C20H15ClN2O5/c1-26-18-11-13(4-9-16(18)28-20(25)17-3-2-10-27-17)12-22-23-19(24)14-5-7-15(21)8-6-14/h2-12H,1H3,(H,23,24)/b22-12+. The second kappa shape index (κ2) is 8.88. The molecule has 142 valence electrons. The summed E-state index contributed by atoms with van der Waals surface area (Å²) >= 11 is 5.79. The number of nitrogens with one attached hydrogen (secondary N) is 1. The molecule has 0 fully saturated rings. The number of carbonyl (C=O) groups excluding carboxylic acids is 2. The van der Waals surface area contributed by atoms with Gasteiger partial charge in [-0.3, -0.25) is 4.79 Å². The summed E-state index contributed by atoms with van der Waals surface area (Å²) < 4.78 is 15.5. The maximum atomic E-state index is 12.0. The van der Waals surface area contributed by atoms with Gasteiger partial charge in [-0.25, -0.2) is 10.2 Å². The van der Waals surface area contributed by atoms with Crippen molar-refractivity contribution in [2.75, 3.05) is 7.11 Å². The monoisotopic (exact) mass is 398 g/mol. The Labute approximate surface area is 165 Å². The van der Waals surface area contributed by atoms with Gasteiger partial charge in [0.25, 0.3) is 5.91 Å². The number of benzene rings is 2. The molecule has 0 aliphatic carbocycles. The van der Waals surface area contributed by atoms with Crippen LogP contribution in [0.2, 0.25) is 5.02 Å². The number of amides is 1. The molecule has 7 nitrogen and oxygen atoms in total. The molecule has 0 atom stereocenters. The van der Waals surface area contributed by atoms with Gasteiger partial charge in [0.05, 0.1) is 19.6 Å². The number of methoxy groups -OCH3 is 1. The van der Waals surface area contributed by atoms with E-state index in [0.29, 0.717) is 21.9 Å². The van der Waals surface area contributed by atoms with Crippen LogP contribution >= 0.6 is 11.6 Å². The van der Waals surface area contributed by atoms with Gasteiger partial charge in [0.15, 0.2) is 11.5 Å². The molecule has 3 aromatic rings. The molecule has 2 aromatic carbocycles. The van der Waals surface area contributed by atoms with Crippen LogP contribution in [0.3, 0.4) is 0 Å². The minimum atomic E-state index is -0.639. The molecule has 0 bridgehead atoms. The van der Waals surface area contributed by atoms with Gasteiger partial charge < -0.3 is 13.9 Å². The summed E-state index contributed by atoms with van der Waals surface area (Å²) in [6.07, 6.45) is 2.82. The lowest BCUT2D eigenvalue weighted by Gasteiger charge is -2.09. The predicted molar refractivity (Wildman–Crippen MR) is 103 cm³/mol. The SMILES string of the molecule is COc1cc(/C=N/NC(=O)c2ccc(Cl)cc2)ccc1OC(=O)c1ccco1. The van der Waals surface area contributed by atoms with Gasteiger partial charge in [0, 0.05) is 10.6 Å². The van der Waals surface area contributed by atoms with Gasteiger partial charge in [-0.15, -0.1) is 0 Å². The summed E-state index contributed by atoms with van der Waals surface area (Å²) in [6, 6.07) is 14.3. The number of hydrazone groups is 1. The second-order valence-corrected chi connectivity index (χ2v) is 5.92. The normalized spacial score (nSPS) is 10.6. The molecule has 3 rings (SSSR count). The van der Waals surface area contributed by atoms with Crippen LogP contribution in [0.25, 0.3) is 0 Å². The molecular formula is C20H15ClN2O5. The van der Waals surface area contributed by atoms with Crippen molar-refractivity contribution in [1.82, 2.24) is 5.43 Å². The van der Waals surface area contributed by atoms with E-state index in [1.807, 2.05) is 0 Å². The van der Waals surface area contributed by atoms with Crippen LogP contribution in [-0.2, 0) is 0 Å². The minimum Gasteiger partial charge on any atom is -0.493 e. The predicted octanol–water partition coefficient (Wildman–Crippen LogP) is 3.92. The average molecular weight is 399 g/mol. The molecule has 0 aliphatic heterocycles. The highest BCUT2D eigenvalue weighted by Crippen LogP contribution is 2.28. The molecule has 0 saturated heterocycles. The van der Waals surface area contributed by atoms with Crippen molar-refractivity contribution in [1.29, 1.82) is 0 Å². The lowest BCUT2D eigenvalue weighted by molar-refractivity contribution is 0.0696. The van der Waals surface area contributed by atoms with Crippen LogP contribution in [0.15, 0.2) is 70.4 Å². The number of ether oxygens (including phenoxy) is 2. The summed E-state index contributed by atoms with van der Waals surface area (Å²) in [5.74, 6) is -0.374. The van der Waals surface area contributed by atoms with E-state index in [9.17, 15) is 9.59 Å². The van der Waals surface area contributed by atoms with Crippen LogP contribution < -0.4 is 14.9 Å². The van der Waals surface area contributed by atoms with Crippen molar-refractivity contribution in [3.05, 3.63) is 82.8 Å². The summed E-state index contributed by atoms with van der Waals surface area (Å²) in [5, 5.41) is 4.45. The largest absolute Gasteiger partial charge is 0.493 e. The summed E-state index contributed by atoms with van der Waals surface area (Å²) in [6.45, 7) is 0. The highest BCUT2D eigenvalue weighted by Gasteiger charge is 2.14. The second-order valence-electron chi connectivity index (χ2n) is 5.48. The molecule has 1 N–H and O–H groups in total.